The van der Waals surface area contributed by atoms with Gasteiger partial charge in [0.05, 0.1) is 38.0 Å². The third-order valence-corrected chi connectivity index (χ3v) is 7.19. The number of carbonyl (C=O) groups is 2. The summed E-state index contributed by atoms with van der Waals surface area (Å²) in [5.41, 5.74) is 0.691. The van der Waals surface area contributed by atoms with Crippen molar-refractivity contribution in [3.63, 3.8) is 0 Å². The molecular weight excluding hydrogens is 496 g/mol. The molecule has 0 saturated carbocycles. The van der Waals surface area contributed by atoms with Gasteiger partial charge in [-0.1, -0.05) is 36.4 Å². The molecular formula is C27H26N2O7S. The highest BCUT2D eigenvalue weighted by Gasteiger charge is 2.46. The predicted octanol–water partition coefficient (Wildman–Crippen LogP) is 1.88. The Morgan fingerprint density at radius 3 is 2.32 bits per heavy atom. The van der Waals surface area contributed by atoms with E-state index in [9.17, 15) is 14.4 Å². The maximum Gasteiger partial charge on any atom is 0.337 e. The molecule has 9 nitrogen and oxygen atoms in total. The fourth-order valence-corrected chi connectivity index (χ4v) is 5.63. The topological polar surface area (TPSA) is 117 Å². The lowest BCUT2D eigenvalue weighted by Gasteiger charge is -2.31. The van der Waals surface area contributed by atoms with Gasteiger partial charge >= 0.3 is 11.9 Å². The summed E-state index contributed by atoms with van der Waals surface area (Å²) in [6.45, 7) is 1.75. The first kappa shape index (κ1) is 25.9. The van der Waals surface area contributed by atoms with Crippen molar-refractivity contribution in [3.05, 3.63) is 79.2 Å². The minimum Gasteiger partial charge on any atom is -0.496 e. The molecule has 1 aliphatic rings. The Hall–Kier alpha value is -4.18. The Bertz CT molecular complexity index is 1550. The zero-order chi connectivity index (χ0) is 26.7. The number of ether oxygens (including phenoxy) is 4. The van der Waals surface area contributed by atoms with Gasteiger partial charge in [-0.25, -0.2) is 4.79 Å². The maximum absolute atomic E-state index is 13.6. The Morgan fingerprint density at radius 2 is 1.68 bits per heavy atom. The van der Waals surface area contributed by atoms with Crippen LogP contribution < -0.4 is 24.2 Å². The summed E-state index contributed by atoms with van der Waals surface area (Å²) in [5, 5.41) is 8.94. The average Bonchev–Trinajstić information content (AvgIpc) is 3.23. The fourth-order valence-electron chi connectivity index (χ4n) is 4.46. The molecule has 3 aromatic rings. The average molecular weight is 523 g/mol. The molecule has 0 saturated heterocycles. The molecule has 2 atom stereocenters. The summed E-state index contributed by atoms with van der Waals surface area (Å²) >= 11 is 1.04. The van der Waals surface area contributed by atoms with Crippen molar-refractivity contribution >= 4 is 40.8 Å². The Morgan fingerprint density at radius 1 is 1.03 bits per heavy atom. The number of hydrogen-bond acceptors (Lipinski definition) is 9. The van der Waals surface area contributed by atoms with E-state index in [-0.39, 0.29) is 27.2 Å². The van der Waals surface area contributed by atoms with E-state index >= 15 is 0 Å². The largest absolute Gasteiger partial charge is 0.496 e. The van der Waals surface area contributed by atoms with E-state index in [1.807, 2.05) is 12.1 Å². The standard InChI is InChI=1S/C27H26N2O7S/c1-5-36-27(32)22-20(16-11-7-9-13-18(16)34-3)21(26(31)35-4)23(28)29-24(30)19(37-25(22)29)14-15-10-6-8-12-17(15)33-2/h6-14,20-21,28H,5H2,1-4H3/b19-14+,28-23?. The minimum atomic E-state index is -1.29. The number of hydrogen-bond donors (Lipinski definition) is 1. The molecule has 0 radical (unpaired) electrons. The lowest BCUT2D eigenvalue weighted by molar-refractivity contribution is -0.143. The van der Waals surface area contributed by atoms with Crippen LogP contribution in [0.25, 0.3) is 11.6 Å². The van der Waals surface area contributed by atoms with Crippen molar-refractivity contribution in [1.29, 1.82) is 5.41 Å². The third kappa shape index (κ3) is 4.55. The quantitative estimate of drug-likeness (QED) is 0.471. The van der Waals surface area contributed by atoms with E-state index in [0.717, 1.165) is 15.9 Å². The SMILES string of the molecule is CCOC(=O)C1=c2s/c(=C/c3ccccc3OC)c(=O)n2C(=N)C(C(=O)OC)C1c1ccccc1OC. The van der Waals surface area contributed by atoms with Gasteiger partial charge in [0.15, 0.2) is 0 Å². The van der Waals surface area contributed by atoms with Crippen LogP contribution in [0.2, 0.25) is 0 Å². The van der Waals surface area contributed by atoms with Gasteiger partial charge in [0.25, 0.3) is 5.56 Å². The van der Waals surface area contributed by atoms with Crippen molar-refractivity contribution in [2.75, 3.05) is 27.9 Å². The zero-order valence-electron chi connectivity index (χ0n) is 20.8. The second kappa shape index (κ2) is 10.8. The Labute approximate surface area is 216 Å². The van der Waals surface area contributed by atoms with E-state index in [4.69, 9.17) is 24.4 Å². The van der Waals surface area contributed by atoms with Crippen LogP contribution in [0.4, 0.5) is 0 Å². The second-order valence-corrected chi connectivity index (χ2v) is 9.07. The van der Waals surface area contributed by atoms with Crippen molar-refractivity contribution in [3.8, 4) is 11.5 Å². The first-order valence-electron chi connectivity index (χ1n) is 11.4. The summed E-state index contributed by atoms with van der Waals surface area (Å²) in [6, 6.07) is 14.1. The van der Waals surface area contributed by atoms with E-state index < -0.39 is 29.3 Å². The number of rotatable bonds is 7. The summed E-state index contributed by atoms with van der Waals surface area (Å²) in [5.74, 6) is -3.05. The number of benzene rings is 2. The van der Waals surface area contributed by atoms with Crippen LogP contribution in [0.3, 0.4) is 0 Å². The highest BCUT2D eigenvalue weighted by atomic mass is 32.1. The van der Waals surface area contributed by atoms with Gasteiger partial charge in [-0.2, -0.15) is 0 Å². The number of aromatic nitrogens is 1. The van der Waals surface area contributed by atoms with Crippen molar-refractivity contribution in [2.24, 2.45) is 5.92 Å². The second-order valence-electron chi connectivity index (χ2n) is 8.04. The fraction of sp³-hybridized carbons (Fsp3) is 0.259. The summed E-state index contributed by atoms with van der Waals surface area (Å²) < 4.78 is 22.9. The zero-order valence-corrected chi connectivity index (χ0v) is 21.6. The first-order chi connectivity index (χ1) is 17.9. The molecule has 2 heterocycles. The summed E-state index contributed by atoms with van der Waals surface area (Å²) in [4.78, 5) is 40.1. The maximum atomic E-state index is 13.6. The van der Waals surface area contributed by atoms with Gasteiger partial charge in [-0.05, 0) is 25.1 Å². The van der Waals surface area contributed by atoms with E-state index in [1.54, 1.807) is 49.4 Å². The van der Waals surface area contributed by atoms with Gasteiger partial charge in [0.2, 0.25) is 0 Å². The predicted molar refractivity (Wildman–Crippen MR) is 139 cm³/mol. The molecule has 1 aromatic heterocycles. The normalized spacial score (nSPS) is 17.2. The number of nitrogens with zero attached hydrogens (tertiary/aromatic N) is 1. The molecule has 2 unspecified atom stereocenters. The van der Waals surface area contributed by atoms with Crippen LogP contribution >= 0.6 is 11.3 Å². The molecule has 37 heavy (non-hydrogen) atoms. The number of fused-ring (bicyclic) bond motifs is 1. The van der Waals surface area contributed by atoms with Crippen LogP contribution in [0, 0.1) is 11.3 Å². The Kier molecular flexibility index (Phi) is 7.58. The van der Waals surface area contributed by atoms with Gasteiger partial charge in [0, 0.05) is 17.0 Å². The molecule has 2 aromatic carbocycles. The van der Waals surface area contributed by atoms with E-state index in [0.29, 0.717) is 22.6 Å². The molecule has 0 bridgehead atoms. The third-order valence-electron chi connectivity index (χ3n) is 6.08. The van der Waals surface area contributed by atoms with Crippen LogP contribution in [-0.4, -0.2) is 50.3 Å². The molecule has 0 amide bonds. The van der Waals surface area contributed by atoms with Crippen LogP contribution in [0.15, 0.2) is 53.3 Å². The molecule has 0 spiro atoms. The highest BCUT2D eigenvalue weighted by molar-refractivity contribution is 7.07. The summed E-state index contributed by atoms with van der Waals surface area (Å²) in [6.07, 6.45) is 1.64. The van der Waals surface area contributed by atoms with E-state index in [2.05, 4.69) is 0 Å². The van der Waals surface area contributed by atoms with Gasteiger partial charge in [0.1, 0.15) is 27.9 Å². The lowest BCUT2D eigenvalue weighted by atomic mass is 9.77. The van der Waals surface area contributed by atoms with Crippen LogP contribution in [0.5, 0.6) is 11.5 Å². The van der Waals surface area contributed by atoms with Crippen LogP contribution in [-0.2, 0) is 19.1 Å². The minimum absolute atomic E-state index is 0.0805. The number of methoxy groups -OCH3 is 3. The number of para-hydroxylation sites is 2. The number of nitrogens with one attached hydrogen (secondary N) is 1. The van der Waals surface area contributed by atoms with Crippen LogP contribution in [0.1, 0.15) is 24.0 Å². The molecule has 1 aliphatic heterocycles. The van der Waals surface area contributed by atoms with Gasteiger partial charge in [-0.3, -0.25) is 19.6 Å². The Balaban J connectivity index is 2.13. The molecule has 0 aliphatic carbocycles. The summed E-state index contributed by atoms with van der Waals surface area (Å²) in [7, 11) is 4.21. The lowest BCUT2D eigenvalue weighted by Crippen LogP contribution is -2.50. The van der Waals surface area contributed by atoms with Gasteiger partial charge < -0.3 is 18.9 Å². The van der Waals surface area contributed by atoms with Gasteiger partial charge in [-0.15, -0.1) is 11.3 Å². The smallest absolute Gasteiger partial charge is 0.337 e. The molecule has 1 N–H and O–H groups in total. The van der Waals surface area contributed by atoms with Crippen molar-refractivity contribution in [2.45, 2.75) is 12.8 Å². The van der Waals surface area contributed by atoms with Crippen molar-refractivity contribution in [1.82, 2.24) is 4.57 Å². The number of thiazole rings is 1. The van der Waals surface area contributed by atoms with Crippen molar-refractivity contribution < 1.29 is 28.5 Å². The number of carbonyl (C=O) groups excluding carboxylic acids is 2. The molecule has 192 valence electrons. The highest BCUT2D eigenvalue weighted by Crippen LogP contribution is 2.41. The molecule has 0 fully saturated rings. The van der Waals surface area contributed by atoms with E-state index in [1.165, 1.54) is 21.3 Å². The molecule has 4 rings (SSSR count). The number of esters is 2. The molecule has 10 heteroatoms. The first-order valence-corrected chi connectivity index (χ1v) is 12.3. The monoisotopic (exact) mass is 522 g/mol.